The Labute approximate surface area is 90.3 Å². The molecule has 1 aromatic heterocycles. The molecule has 0 fully saturated rings. The molecular weight excluding hydrogens is 190 g/mol. The van der Waals surface area contributed by atoms with Gasteiger partial charge in [-0.2, -0.15) is 0 Å². The molecule has 78 valence electrons. The fraction of sp³-hybridized carbons (Fsp3) is 0.667. The van der Waals surface area contributed by atoms with E-state index in [1.165, 1.54) is 21.7 Å². The molecule has 14 heavy (non-hydrogen) atoms. The second-order valence-corrected chi connectivity index (χ2v) is 6.75. The molecule has 0 bridgehead atoms. The lowest BCUT2D eigenvalue weighted by Crippen LogP contribution is -2.29. The van der Waals surface area contributed by atoms with Crippen molar-refractivity contribution >= 4 is 11.3 Å². The minimum Gasteiger partial charge on any atom is -0.322 e. The highest BCUT2D eigenvalue weighted by molar-refractivity contribution is 7.12. The van der Waals surface area contributed by atoms with Crippen LogP contribution in [0.15, 0.2) is 6.07 Å². The largest absolute Gasteiger partial charge is 0.322 e. The molecule has 0 saturated carbocycles. The van der Waals surface area contributed by atoms with Gasteiger partial charge in [-0.3, -0.25) is 0 Å². The highest BCUT2D eigenvalue weighted by Gasteiger charge is 2.33. The molecule has 1 nitrogen and oxygen atoms in total. The fourth-order valence-electron chi connectivity index (χ4n) is 1.98. The topological polar surface area (TPSA) is 26.0 Å². The second kappa shape index (κ2) is 2.83. The van der Waals surface area contributed by atoms with E-state index in [-0.39, 0.29) is 11.0 Å². The van der Waals surface area contributed by atoms with Crippen LogP contribution in [0.25, 0.3) is 0 Å². The fourth-order valence-corrected chi connectivity index (χ4v) is 3.33. The normalized spacial score (nSPS) is 26.6. The molecule has 0 aromatic carbocycles. The van der Waals surface area contributed by atoms with Crippen LogP contribution in [0.2, 0.25) is 0 Å². The van der Waals surface area contributed by atoms with Gasteiger partial charge in [-0.05, 0) is 36.8 Å². The van der Waals surface area contributed by atoms with Crippen molar-refractivity contribution in [2.45, 2.75) is 51.5 Å². The Kier molecular flexibility index (Phi) is 2.06. The molecule has 1 aliphatic rings. The predicted octanol–water partition coefficient (Wildman–Crippen LogP) is 3.17. The number of rotatable bonds is 0. The van der Waals surface area contributed by atoms with E-state index in [1.54, 1.807) is 0 Å². The highest BCUT2D eigenvalue weighted by Crippen LogP contribution is 2.42. The zero-order chi connectivity index (χ0) is 10.6. The molecule has 1 unspecified atom stereocenters. The lowest BCUT2D eigenvalue weighted by molar-refractivity contribution is 0.490. The number of nitrogens with two attached hydrogens (primary N) is 1. The van der Waals surface area contributed by atoms with Crippen LogP contribution in [-0.4, -0.2) is 0 Å². The summed E-state index contributed by atoms with van der Waals surface area (Å²) in [5.74, 6) is 0. The molecule has 1 heterocycles. The van der Waals surface area contributed by atoms with Crippen LogP contribution in [0.1, 0.15) is 49.4 Å². The van der Waals surface area contributed by atoms with Crippen molar-refractivity contribution in [1.82, 2.24) is 0 Å². The van der Waals surface area contributed by atoms with Crippen LogP contribution >= 0.6 is 11.3 Å². The van der Waals surface area contributed by atoms with E-state index in [0.717, 1.165) is 6.42 Å². The second-order valence-electron chi connectivity index (χ2n) is 5.61. The van der Waals surface area contributed by atoms with Gasteiger partial charge < -0.3 is 5.73 Å². The van der Waals surface area contributed by atoms with Gasteiger partial charge in [-0.1, -0.05) is 20.8 Å². The number of fused-ring (bicyclic) bond motifs is 1. The van der Waals surface area contributed by atoms with Crippen molar-refractivity contribution in [3.63, 3.8) is 0 Å². The lowest BCUT2D eigenvalue weighted by Gasteiger charge is -2.19. The summed E-state index contributed by atoms with van der Waals surface area (Å²) in [6.45, 7) is 8.95. The van der Waals surface area contributed by atoms with Gasteiger partial charge in [0, 0.05) is 15.3 Å². The standard InChI is InChI=1S/C12H19NS/c1-11(2,3)10-7-8-9(14-10)5-6-12(8,4)13/h7H,5-6,13H2,1-4H3. The van der Waals surface area contributed by atoms with Gasteiger partial charge in [-0.25, -0.2) is 0 Å². The Bertz CT molecular complexity index is 355. The van der Waals surface area contributed by atoms with E-state index < -0.39 is 0 Å². The smallest absolute Gasteiger partial charge is 0.0395 e. The van der Waals surface area contributed by atoms with Crippen molar-refractivity contribution in [2.75, 3.05) is 0 Å². The number of thiophene rings is 1. The molecular formula is C12H19NS. The predicted molar refractivity (Wildman–Crippen MR) is 62.9 cm³/mol. The molecule has 1 aliphatic carbocycles. The first-order chi connectivity index (χ1) is 6.31. The molecule has 1 atom stereocenters. The van der Waals surface area contributed by atoms with E-state index in [0.29, 0.717) is 0 Å². The minimum absolute atomic E-state index is 0.0741. The van der Waals surface area contributed by atoms with E-state index in [9.17, 15) is 0 Å². The van der Waals surface area contributed by atoms with Gasteiger partial charge in [0.15, 0.2) is 0 Å². The van der Waals surface area contributed by atoms with Crippen LogP contribution in [0, 0.1) is 0 Å². The van der Waals surface area contributed by atoms with E-state index in [1.807, 2.05) is 11.3 Å². The third-order valence-corrected chi connectivity index (χ3v) is 4.66. The summed E-state index contributed by atoms with van der Waals surface area (Å²) in [5.41, 5.74) is 7.84. The zero-order valence-electron chi connectivity index (χ0n) is 9.48. The Morgan fingerprint density at radius 2 is 2.07 bits per heavy atom. The number of aryl methyl sites for hydroxylation is 1. The first-order valence-electron chi connectivity index (χ1n) is 5.23. The minimum atomic E-state index is -0.0741. The van der Waals surface area contributed by atoms with Crippen LogP contribution < -0.4 is 5.73 Å². The van der Waals surface area contributed by atoms with Crippen molar-refractivity contribution < 1.29 is 0 Å². The summed E-state index contributed by atoms with van der Waals surface area (Å²) in [7, 11) is 0. The molecule has 0 amide bonds. The average Bonchev–Trinajstić information content (AvgIpc) is 2.51. The summed E-state index contributed by atoms with van der Waals surface area (Å²) in [6, 6.07) is 2.33. The summed E-state index contributed by atoms with van der Waals surface area (Å²) in [5, 5.41) is 0. The van der Waals surface area contributed by atoms with Gasteiger partial charge in [0.2, 0.25) is 0 Å². The molecule has 2 N–H and O–H groups in total. The summed E-state index contributed by atoms with van der Waals surface area (Å²) in [4.78, 5) is 2.99. The molecule has 2 heteroatoms. The van der Waals surface area contributed by atoms with Crippen LogP contribution in [0.3, 0.4) is 0 Å². The van der Waals surface area contributed by atoms with E-state index >= 15 is 0 Å². The number of hydrogen-bond donors (Lipinski definition) is 1. The molecule has 0 spiro atoms. The summed E-state index contributed by atoms with van der Waals surface area (Å²) < 4.78 is 0. The Morgan fingerprint density at radius 1 is 1.43 bits per heavy atom. The Hall–Kier alpha value is -0.340. The quantitative estimate of drug-likeness (QED) is 0.698. The molecule has 0 radical (unpaired) electrons. The van der Waals surface area contributed by atoms with E-state index in [2.05, 4.69) is 33.8 Å². The van der Waals surface area contributed by atoms with Gasteiger partial charge in [-0.15, -0.1) is 11.3 Å². The third kappa shape index (κ3) is 1.51. The maximum absolute atomic E-state index is 6.25. The van der Waals surface area contributed by atoms with Gasteiger partial charge in [0.1, 0.15) is 0 Å². The van der Waals surface area contributed by atoms with Crippen molar-refractivity contribution in [2.24, 2.45) is 5.73 Å². The maximum atomic E-state index is 6.25. The third-order valence-electron chi connectivity index (χ3n) is 3.03. The van der Waals surface area contributed by atoms with Crippen LogP contribution in [0.5, 0.6) is 0 Å². The molecule has 0 saturated heterocycles. The SMILES string of the molecule is CC(C)(C)c1cc2c(s1)CCC2(C)N. The molecule has 0 aliphatic heterocycles. The Balaban J connectivity index is 2.45. The van der Waals surface area contributed by atoms with Gasteiger partial charge in [0.25, 0.3) is 0 Å². The average molecular weight is 209 g/mol. The first-order valence-corrected chi connectivity index (χ1v) is 6.05. The molecule has 1 aromatic rings. The number of hydrogen-bond acceptors (Lipinski definition) is 2. The monoisotopic (exact) mass is 209 g/mol. The Morgan fingerprint density at radius 3 is 2.57 bits per heavy atom. The van der Waals surface area contributed by atoms with Crippen LogP contribution in [-0.2, 0) is 17.4 Å². The first kappa shape index (κ1) is 10.2. The highest BCUT2D eigenvalue weighted by atomic mass is 32.1. The summed E-state index contributed by atoms with van der Waals surface area (Å²) in [6.07, 6.45) is 2.28. The maximum Gasteiger partial charge on any atom is 0.0395 e. The van der Waals surface area contributed by atoms with Gasteiger partial charge >= 0.3 is 0 Å². The molecule has 2 rings (SSSR count). The zero-order valence-corrected chi connectivity index (χ0v) is 10.3. The lowest BCUT2D eigenvalue weighted by atomic mass is 9.91. The van der Waals surface area contributed by atoms with Crippen LogP contribution in [0.4, 0.5) is 0 Å². The van der Waals surface area contributed by atoms with Crippen molar-refractivity contribution in [1.29, 1.82) is 0 Å². The summed E-state index contributed by atoms with van der Waals surface area (Å²) >= 11 is 1.95. The van der Waals surface area contributed by atoms with Crippen molar-refractivity contribution in [3.05, 3.63) is 21.4 Å². The van der Waals surface area contributed by atoms with E-state index in [4.69, 9.17) is 5.73 Å². The van der Waals surface area contributed by atoms with Crippen molar-refractivity contribution in [3.8, 4) is 0 Å². The van der Waals surface area contributed by atoms with Gasteiger partial charge in [0.05, 0.1) is 0 Å².